The highest BCUT2D eigenvalue weighted by Crippen LogP contribution is 2.26. The van der Waals surface area contributed by atoms with E-state index in [4.69, 9.17) is 10.8 Å². The fourth-order valence-electron chi connectivity index (χ4n) is 2.23. The third-order valence-electron chi connectivity index (χ3n) is 3.09. The molecule has 0 aromatic rings. The van der Waals surface area contributed by atoms with Gasteiger partial charge in [-0.2, -0.15) is 0 Å². The summed E-state index contributed by atoms with van der Waals surface area (Å²) >= 11 is 0. The molecule has 3 N–H and O–H groups in total. The van der Waals surface area contributed by atoms with Crippen LogP contribution in [0.2, 0.25) is 0 Å². The maximum absolute atomic E-state index is 10.5. The number of nitrogens with two attached hydrogens (primary N) is 1. The van der Waals surface area contributed by atoms with Gasteiger partial charge in [0.2, 0.25) is 0 Å². The third kappa shape index (κ3) is 4.09. The Morgan fingerprint density at radius 2 is 1.71 bits per heavy atom. The van der Waals surface area contributed by atoms with E-state index in [0.717, 1.165) is 19.3 Å². The first kappa shape index (κ1) is 13.4. The van der Waals surface area contributed by atoms with Gasteiger partial charge in [0.25, 0.3) is 0 Å². The second kappa shape index (κ2) is 6.82. The van der Waals surface area contributed by atoms with E-state index in [1.807, 2.05) is 0 Å². The summed E-state index contributed by atoms with van der Waals surface area (Å²) in [7, 11) is 0. The van der Waals surface area contributed by atoms with Crippen LogP contribution in [0, 0.1) is 11.8 Å². The lowest BCUT2D eigenvalue weighted by Crippen LogP contribution is -2.36. The Morgan fingerprint density at radius 3 is 2.00 bits per heavy atom. The molecular formula is C11H23NO2. The minimum Gasteiger partial charge on any atom is -0.481 e. The lowest BCUT2D eigenvalue weighted by atomic mass is 9.80. The summed E-state index contributed by atoms with van der Waals surface area (Å²) in [6.45, 7) is 6.37. The summed E-state index contributed by atoms with van der Waals surface area (Å²) in [6.07, 6.45) is 3.24. The minimum atomic E-state index is -0.790. The first-order chi connectivity index (χ1) is 6.56. The van der Waals surface area contributed by atoms with E-state index in [-0.39, 0.29) is 12.5 Å². The Bertz CT molecular complexity index is 167. The predicted molar refractivity (Wildman–Crippen MR) is 58.1 cm³/mol. The van der Waals surface area contributed by atoms with Crippen molar-refractivity contribution in [1.82, 2.24) is 0 Å². The number of aliphatic carboxylic acids is 1. The molecule has 0 rings (SSSR count). The van der Waals surface area contributed by atoms with E-state index >= 15 is 0 Å². The Hall–Kier alpha value is -0.570. The Morgan fingerprint density at radius 1 is 1.21 bits per heavy atom. The molecule has 2 atom stereocenters. The number of hydrogen-bond donors (Lipinski definition) is 2. The average molecular weight is 201 g/mol. The molecule has 2 unspecified atom stereocenters. The van der Waals surface area contributed by atoms with Gasteiger partial charge in [-0.1, -0.05) is 40.0 Å². The molecule has 0 aromatic heterocycles. The van der Waals surface area contributed by atoms with Crippen molar-refractivity contribution in [3.63, 3.8) is 0 Å². The second-order valence-corrected chi connectivity index (χ2v) is 3.91. The average Bonchev–Trinajstić information content (AvgIpc) is 2.12. The van der Waals surface area contributed by atoms with Crippen LogP contribution in [0.1, 0.15) is 46.5 Å². The van der Waals surface area contributed by atoms with Gasteiger partial charge in [0.15, 0.2) is 0 Å². The van der Waals surface area contributed by atoms with Gasteiger partial charge in [-0.15, -0.1) is 0 Å². The molecule has 0 spiro atoms. The number of hydrogen-bond acceptors (Lipinski definition) is 2. The minimum absolute atomic E-state index is 0.0923. The van der Waals surface area contributed by atoms with Crippen LogP contribution in [0.3, 0.4) is 0 Å². The van der Waals surface area contributed by atoms with E-state index < -0.39 is 5.97 Å². The molecule has 3 heteroatoms. The molecule has 84 valence electrons. The Labute approximate surface area is 86.7 Å². The van der Waals surface area contributed by atoms with Crippen molar-refractivity contribution in [2.75, 3.05) is 0 Å². The van der Waals surface area contributed by atoms with E-state index in [1.54, 1.807) is 0 Å². The summed E-state index contributed by atoms with van der Waals surface area (Å²) in [6, 6.07) is -0.192. The fourth-order valence-corrected chi connectivity index (χ4v) is 2.23. The Balaban J connectivity index is 4.29. The predicted octanol–water partition coefficient (Wildman–Crippen LogP) is 2.25. The fraction of sp³-hybridized carbons (Fsp3) is 0.909. The first-order valence-electron chi connectivity index (χ1n) is 5.54. The molecule has 0 radical (unpaired) electrons. The smallest absolute Gasteiger partial charge is 0.304 e. The maximum Gasteiger partial charge on any atom is 0.304 e. The van der Waals surface area contributed by atoms with Crippen molar-refractivity contribution in [2.45, 2.75) is 52.5 Å². The van der Waals surface area contributed by atoms with Crippen LogP contribution in [0.15, 0.2) is 0 Å². The molecule has 3 nitrogen and oxygen atoms in total. The van der Waals surface area contributed by atoms with Crippen LogP contribution in [-0.4, -0.2) is 17.1 Å². The SMILES string of the molecule is CCC(CC)C(CC)C(N)CC(=O)O. The summed E-state index contributed by atoms with van der Waals surface area (Å²) in [5.74, 6) is 0.123. The van der Waals surface area contributed by atoms with Crippen molar-refractivity contribution in [3.05, 3.63) is 0 Å². The van der Waals surface area contributed by atoms with Crippen LogP contribution in [0.25, 0.3) is 0 Å². The van der Waals surface area contributed by atoms with Crippen molar-refractivity contribution < 1.29 is 9.90 Å². The van der Waals surface area contributed by atoms with Gasteiger partial charge in [-0.05, 0) is 11.8 Å². The highest BCUT2D eigenvalue weighted by Gasteiger charge is 2.24. The van der Waals surface area contributed by atoms with E-state index in [9.17, 15) is 4.79 Å². The molecule has 0 fully saturated rings. The molecule has 0 saturated carbocycles. The molecular weight excluding hydrogens is 178 g/mol. The highest BCUT2D eigenvalue weighted by atomic mass is 16.4. The zero-order valence-corrected chi connectivity index (χ0v) is 9.49. The lowest BCUT2D eigenvalue weighted by Gasteiger charge is -2.28. The van der Waals surface area contributed by atoms with Crippen molar-refractivity contribution >= 4 is 5.97 Å². The molecule has 0 aliphatic rings. The maximum atomic E-state index is 10.5. The molecule has 0 amide bonds. The lowest BCUT2D eigenvalue weighted by molar-refractivity contribution is -0.137. The summed E-state index contributed by atoms with van der Waals surface area (Å²) in [5, 5.41) is 8.68. The summed E-state index contributed by atoms with van der Waals surface area (Å²) in [5.41, 5.74) is 5.90. The monoisotopic (exact) mass is 201 g/mol. The molecule has 0 saturated heterocycles. The van der Waals surface area contributed by atoms with Gasteiger partial charge in [-0.25, -0.2) is 0 Å². The van der Waals surface area contributed by atoms with Crippen molar-refractivity contribution in [3.8, 4) is 0 Å². The zero-order chi connectivity index (χ0) is 11.1. The van der Waals surface area contributed by atoms with Gasteiger partial charge in [0, 0.05) is 6.04 Å². The molecule has 0 aliphatic carbocycles. The second-order valence-electron chi connectivity index (χ2n) is 3.91. The van der Waals surface area contributed by atoms with E-state index in [0.29, 0.717) is 11.8 Å². The van der Waals surface area contributed by atoms with Crippen LogP contribution >= 0.6 is 0 Å². The van der Waals surface area contributed by atoms with Crippen LogP contribution in [0.5, 0.6) is 0 Å². The molecule has 0 bridgehead atoms. The first-order valence-corrected chi connectivity index (χ1v) is 5.54. The number of carboxylic acid groups (broad SMARTS) is 1. The molecule has 0 aromatic carbocycles. The largest absolute Gasteiger partial charge is 0.481 e. The van der Waals surface area contributed by atoms with Gasteiger partial charge in [0.05, 0.1) is 6.42 Å². The van der Waals surface area contributed by atoms with Crippen molar-refractivity contribution in [1.29, 1.82) is 0 Å². The third-order valence-corrected chi connectivity index (χ3v) is 3.09. The number of carbonyl (C=O) groups is 1. The molecule has 14 heavy (non-hydrogen) atoms. The quantitative estimate of drug-likeness (QED) is 0.664. The standard InChI is InChI=1S/C11H23NO2/c1-4-8(5-2)9(6-3)10(12)7-11(13)14/h8-10H,4-7,12H2,1-3H3,(H,13,14). The van der Waals surface area contributed by atoms with Gasteiger partial charge in [-0.3, -0.25) is 4.79 Å². The van der Waals surface area contributed by atoms with Gasteiger partial charge >= 0.3 is 5.97 Å². The van der Waals surface area contributed by atoms with Crippen LogP contribution in [-0.2, 0) is 4.79 Å². The topological polar surface area (TPSA) is 63.3 Å². The van der Waals surface area contributed by atoms with E-state index in [1.165, 1.54) is 0 Å². The van der Waals surface area contributed by atoms with Gasteiger partial charge in [0.1, 0.15) is 0 Å². The normalized spacial score (nSPS) is 15.5. The summed E-state index contributed by atoms with van der Waals surface area (Å²) in [4.78, 5) is 10.5. The summed E-state index contributed by atoms with van der Waals surface area (Å²) < 4.78 is 0. The van der Waals surface area contributed by atoms with Crippen LogP contribution in [0.4, 0.5) is 0 Å². The number of rotatable bonds is 7. The highest BCUT2D eigenvalue weighted by molar-refractivity contribution is 5.67. The number of carboxylic acids is 1. The Kier molecular flexibility index (Phi) is 6.54. The molecule has 0 heterocycles. The van der Waals surface area contributed by atoms with Gasteiger partial charge < -0.3 is 10.8 Å². The van der Waals surface area contributed by atoms with Crippen LogP contribution < -0.4 is 5.73 Å². The van der Waals surface area contributed by atoms with Crippen molar-refractivity contribution in [2.24, 2.45) is 17.6 Å². The zero-order valence-electron chi connectivity index (χ0n) is 9.49. The molecule has 0 aliphatic heterocycles. The van der Waals surface area contributed by atoms with E-state index in [2.05, 4.69) is 20.8 Å².